The van der Waals surface area contributed by atoms with Crippen LogP contribution in [0.3, 0.4) is 0 Å². The highest BCUT2D eigenvalue weighted by atomic mass is 16.5. The first kappa shape index (κ1) is 21.0. The smallest absolute Gasteiger partial charge is 0.298 e. The molecule has 3 aromatic carbocycles. The SMILES string of the molecule is O=COc1cc(/C=C/c2ccc3c(c2)C(=O)C(c2nc4ccccc4cc2O)=C3O)ccc1O. The summed E-state index contributed by atoms with van der Waals surface area (Å²) < 4.78 is 4.74. The van der Waals surface area contributed by atoms with E-state index >= 15 is 0 Å². The number of phenolic OH excluding ortho intramolecular Hbond substituents is 1. The average Bonchev–Trinajstić information content (AvgIpc) is 3.08. The zero-order valence-corrected chi connectivity index (χ0v) is 17.6. The van der Waals surface area contributed by atoms with Crippen molar-refractivity contribution in [1.82, 2.24) is 4.98 Å². The van der Waals surface area contributed by atoms with Gasteiger partial charge in [0, 0.05) is 16.5 Å². The minimum absolute atomic E-state index is 0.0290. The number of allylic oxidation sites excluding steroid dienone is 1. The van der Waals surface area contributed by atoms with Gasteiger partial charge in [0.1, 0.15) is 17.2 Å². The lowest BCUT2D eigenvalue weighted by Gasteiger charge is -2.07. The van der Waals surface area contributed by atoms with Crippen LogP contribution in [0.2, 0.25) is 0 Å². The molecule has 0 saturated heterocycles. The molecule has 0 bridgehead atoms. The number of hydrogen-bond donors (Lipinski definition) is 3. The van der Waals surface area contributed by atoms with Crippen LogP contribution in [0.1, 0.15) is 32.7 Å². The monoisotopic (exact) mass is 451 g/mol. The summed E-state index contributed by atoms with van der Waals surface area (Å²) in [5.74, 6) is -0.994. The molecule has 0 fully saturated rings. The fraction of sp³-hybridized carbons (Fsp3) is 0. The Morgan fingerprint density at radius 2 is 1.53 bits per heavy atom. The first-order valence-electron chi connectivity index (χ1n) is 10.3. The van der Waals surface area contributed by atoms with Crippen molar-refractivity contribution in [2.24, 2.45) is 0 Å². The lowest BCUT2D eigenvalue weighted by Crippen LogP contribution is -2.01. The number of benzene rings is 3. The van der Waals surface area contributed by atoms with Gasteiger partial charge in [-0.25, -0.2) is 4.98 Å². The van der Waals surface area contributed by atoms with E-state index in [9.17, 15) is 24.9 Å². The number of rotatable bonds is 5. The van der Waals surface area contributed by atoms with E-state index < -0.39 is 5.78 Å². The maximum absolute atomic E-state index is 13.2. The molecule has 0 unspecified atom stereocenters. The van der Waals surface area contributed by atoms with Crippen LogP contribution in [0.15, 0.2) is 66.7 Å². The molecular formula is C27H17NO6. The zero-order chi connectivity index (χ0) is 23.8. The maximum atomic E-state index is 13.2. The second-order valence-corrected chi connectivity index (χ2v) is 7.68. The first-order valence-corrected chi connectivity index (χ1v) is 10.3. The number of phenols is 1. The van der Waals surface area contributed by atoms with Gasteiger partial charge in [-0.15, -0.1) is 0 Å². The molecule has 1 heterocycles. The van der Waals surface area contributed by atoms with Crippen LogP contribution in [0.25, 0.3) is 34.4 Å². The number of carbonyl (C=O) groups excluding carboxylic acids is 2. The van der Waals surface area contributed by atoms with E-state index in [1.165, 1.54) is 18.2 Å². The van der Waals surface area contributed by atoms with Crippen LogP contribution in [0.4, 0.5) is 0 Å². The molecule has 4 aromatic rings. The van der Waals surface area contributed by atoms with Crippen molar-refractivity contribution >= 4 is 46.6 Å². The third-order valence-corrected chi connectivity index (χ3v) is 5.58. The maximum Gasteiger partial charge on any atom is 0.298 e. The number of ether oxygens (including phenoxy) is 1. The summed E-state index contributed by atoms with van der Waals surface area (Å²) in [5.41, 5.74) is 2.57. The Balaban J connectivity index is 1.48. The number of nitrogens with zero attached hydrogens (tertiary/aromatic N) is 1. The summed E-state index contributed by atoms with van der Waals surface area (Å²) in [7, 11) is 0. The van der Waals surface area contributed by atoms with E-state index in [2.05, 4.69) is 4.98 Å². The number of carbonyl (C=O) groups is 2. The topological polar surface area (TPSA) is 117 Å². The van der Waals surface area contributed by atoms with Gasteiger partial charge in [0.25, 0.3) is 6.47 Å². The van der Waals surface area contributed by atoms with Crippen molar-refractivity contribution in [1.29, 1.82) is 0 Å². The van der Waals surface area contributed by atoms with E-state index in [4.69, 9.17) is 4.74 Å². The van der Waals surface area contributed by atoms with Crippen LogP contribution in [-0.2, 0) is 4.79 Å². The number of para-hydroxylation sites is 1. The number of aromatic hydroxyl groups is 2. The van der Waals surface area contributed by atoms with Gasteiger partial charge >= 0.3 is 0 Å². The van der Waals surface area contributed by atoms with Crippen molar-refractivity contribution in [2.45, 2.75) is 0 Å². The number of ketones is 1. The van der Waals surface area contributed by atoms with E-state index in [1.807, 2.05) is 6.07 Å². The molecule has 1 aliphatic carbocycles. The largest absolute Gasteiger partial charge is 0.506 e. The Morgan fingerprint density at radius 1 is 0.794 bits per heavy atom. The van der Waals surface area contributed by atoms with E-state index in [1.54, 1.807) is 54.6 Å². The second-order valence-electron chi connectivity index (χ2n) is 7.68. The van der Waals surface area contributed by atoms with Crippen molar-refractivity contribution in [3.63, 3.8) is 0 Å². The van der Waals surface area contributed by atoms with Crippen LogP contribution in [0.5, 0.6) is 17.2 Å². The molecule has 0 atom stereocenters. The van der Waals surface area contributed by atoms with Gasteiger partial charge in [0.05, 0.1) is 11.1 Å². The third-order valence-electron chi connectivity index (χ3n) is 5.58. The third kappa shape index (κ3) is 3.55. The van der Waals surface area contributed by atoms with E-state index in [0.717, 1.165) is 5.39 Å². The number of aromatic nitrogens is 1. The second kappa shape index (κ2) is 8.22. The molecule has 5 rings (SSSR count). The molecule has 1 aromatic heterocycles. The molecule has 34 heavy (non-hydrogen) atoms. The standard InChI is InChI=1S/C27H17NO6/c29-14-34-23-12-16(8-10-21(23)30)6-5-15-7-9-18-19(11-15)27(33)24(26(18)32)25-22(31)13-17-3-1-2-4-20(17)28-25/h1-14,30-32H/b6-5+. The quantitative estimate of drug-likeness (QED) is 0.290. The molecule has 166 valence electrons. The summed E-state index contributed by atoms with van der Waals surface area (Å²) in [6.45, 7) is 0.230. The number of hydrogen-bond acceptors (Lipinski definition) is 7. The molecule has 3 N–H and O–H groups in total. The molecule has 0 saturated carbocycles. The molecule has 0 aliphatic heterocycles. The van der Waals surface area contributed by atoms with Gasteiger partial charge in [0.15, 0.2) is 17.3 Å². The van der Waals surface area contributed by atoms with Crippen LogP contribution in [0, 0.1) is 0 Å². The minimum atomic E-state index is -0.438. The molecular weight excluding hydrogens is 434 g/mol. The first-order chi connectivity index (χ1) is 16.5. The van der Waals surface area contributed by atoms with E-state index in [0.29, 0.717) is 27.8 Å². The average molecular weight is 451 g/mol. The number of aliphatic hydroxyl groups is 1. The van der Waals surface area contributed by atoms with Gasteiger partial charge in [-0.05, 0) is 47.5 Å². The van der Waals surface area contributed by atoms with Crippen molar-refractivity contribution in [2.75, 3.05) is 0 Å². The zero-order valence-electron chi connectivity index (χ0n) is 17.6. The number of pyridine rings is 1. The fourth-order valence-corrected chi connectivity index (χ4v) is 3.92. The van der Waals surface area contributed by atoms with E-state index in [-0.39, 0.29) is 40.7 Å². The lowest BCUT2D eigenvalue weighted by molar-refractivity contribution is -0.120. The van der Waals surface area contributed by atoms with Crippen molar-refractivity contribution in [3.8, 4) is 17.2 Å². The Hall–Kier alpha value is -4.91. The molecule has 0 radical (unpaired) electrons. The van der Waals surface area contributed by atoms with Gasteiger partial charge in [-0.1, -0.05) is 42.5 Å². The van der Waals surface area contributed by atoms with Gasteiger partial charge in [0.2, 0.25) is 0 Å². The van der Waals surface area contributed by atoms with Crippen molar-refractivity contribution < 1.29 is 29.6 Å². The summed E-state index contributed by atoms with van der Waals surface area (Å²) in [5, 5.41) is 31.7. The molecule has 7 nitrogen and oxygen atoms in total. The number of Topliss-reactive ketones (excluding diaryl/α,β-unsaturated/α-hetero) is 1. The van der Waals surface area contributed by atoms with Crippen molar-refractivity contribution in [3.05, 3.63) is 94.7 Å². The molecule has 0 amide bonds. The Labute approximate surface area is 193 Å². The van der Waals surface area contributed by atoms with Gasteiger partial charge < -0.3 is 20.1 Å². The summed E-state index contributed by atoms with van der Waals surface area (Å²) >= 11 is 0. The fourth-order valence-electron chi connectivity index (χ4n) is 3.92. The van der Waals surface area contributed by atoms with Crippen LogP contribution in [-0.4, -0.2) is 32.6 Å². The predicted octanol–water partition coefficient (Wildman–Crippen LogP) is 4.97. The normalized spacial score (nSPS) is 13.0. The predicted molar refractivity (Wildman–Crippen MR) is 127 cm³/mol. The molecule has 7 heteroatoms. The lowest BCUT2D eigenvalue weighted by atomic mass is 10.0. The van der Waals surface area contributed by atoms with Gasteiger partial charge in [-0.3, -0.25) is 9.59 Å². The number of fused-ring (bicyclic) bond motifs is 2. The summed E-state index contributed by atoms with van der Waals surface area (Å²) in [6.07, 6.45) is 3.47. The summed E-state index contributed by atoms with van der Waals surface area (Å²) in [4.78, 5) is 28.2. The Morgan fingerprint density at radius 3 is 2.32 bits per heavy atom. The minimum Gasteiger partial charge on any atom is -0.506 e. The highest BCUT2D eigenvalue weighted by molar-refractivity contribution is 6.39. The van der Waals surface area contributed by atoms with Gasteiger partial charge in [-0.2, -0.15) is 0 Å². The Bertz CT molecular complexity index is 1550. The molecule has 1 aliphatic rings. The Kier molecular flexibility index (Phi) is 5.07. The molecule has 0 spiro atoms. The van der Waals surface area contributed by atoms with Crippen LogP contribution < -0.4 is 4.74 Å². The highest BCUT2D eigenvalue weighted by Gasteiger charge is 2.33. The van der Waals surface area contributed by atoms with Crippen LogP contribution >= 0.6 is 0 Å². The summed E-state index contributed by atoms with van der Waals surface area (Å²) in [6, 6.07) is 18.2. The number of aliphatic hydroxyl groups excluding tert-OH is 1. The highest BCUT2D eigenvalue weighted by Crippen LogP contribution is 2.40.